The number of carbonyl (C=O) groups is 1. The SMILES string of the molecule is COC(=O)CCNCC(C)CSC. The first kappa shape index (κ1) is 12.8. The summed E-state index contributed by atoms with van der Waals surface area (Å²) in [7, 11) is 1.42. The minimum Gasteiger partial charge on any atom is -0.469 e. The molecule has 13 heavy (non-hydrogen) atoms. The summed E-state index contributed by atoms with van der Waals surface area (Å²) in [4.78, 5) is 10.7. The van der Waals surface area contributed by atoms with Gasteiger partial charge in [-0.05, 0) is 24.5 Å². The molecule has 0 aliphatic carbocycles. The summed E-state index contributed by atoms with van der Waals surface area (Å²) in [6, 6.07) is 0. The maximum atomic E-state index is 10.7. The van der Waals surface area contributed by atoms with Crippen molar-refractivity contribution in [2.45, 2.75) is 13.3 Å². The first-order valence-corrected chi connectivity index (χ1v) is 5.86. The molecule has 0 aliphatic heterocycles. The van der Waals surface area contributed by atoms with Crippen LogP contribution >= 0.6 is 11.8 Å². The molecule has 0 aliphatic rings. The molecule has 0 rings (SSSR count). The van der Waals surface area contributed by atoms with Gasteiger partial charge in [-0.2, -0.15) is 11.8 Å². The molecule has 0 aromatic heterocycles. The first-order chi connectivity index (χ1) is 6.20. The second-order valence-corrected chi connectivity index (χ2v) is 4.00. The van der Waals surface area contributed by atoms with Crippen molar-refractivity contribution in [3.63, 3.8) is 0 Å². The molecule has 0 fully saturated rings. The van der Waals surface area contributed by atoms with Gasteiger partial charge in [0.2, 0.25) is 0 Å². The van der Waals surface area contributed by atoms with E-state index in [9.17, 15) is 4.79 Å². The molecule has 1 N–H and O–H groups in total. The van der Waals surface area contributed by atoms with Crippen molar-refractivity contribution >= 4 is 17.7 Å². The van der Waals surface area contributed by atoms with Crippen LogP contribution in [0.15, 0.2) is 0 Å². The lowest BCUT2D eigenvalue weighted by Crippen LogP contribution is -2.25. The van der Waals surface area contributed by atoms with Gasteiger partial charge in [0.05, 0.1) is 13.5 Å². The molecule has 0 radical (unpaired) electrons. The van der Waals surface area contributed by atoms with Crippen LogP contribution in [0.3, 0.4) is 0 Å². The number of thioether (sulfide) groups is 1. The Morgan fingerprint density at radius 2 is 2.31 bits per heavy atom. The van der Waals surface area contributed by atoms with Crippen molar-refractivity contribution in [3.8, 4) is 0 Å². The van der Waals surface area contributed by atoms with Gasteiger partial charge in [0.1, 0.15) is 0 Å². The highest BCUT2D eigenvalue weighted by molar-refractivity contribution is 7.98. The molecule has 4 heteroatoms. The van der Waals surface area contributed by atoms with Crippen molar-refractivity contribution in [3.05, 3.63) is 0 Å². The van der Waals surface area contributed by atoms with Crippen molar-refractivity contribution in [1.29, 1.82) is 0 Å². The van der Waals surface area contributed by atoms with Crippen LogP contribution in [0, 0.1) is 5.92 Å². The molecule has 0 amide bonds. The lowest BCUT2D eigenvalue weighted by molar-refractivity contribution is -0.140. The summed E-state index contributed by atoms with van der Waals surface area (Å²) < 4.78 is 4.52. The Labute approximate surface area is 84.6 Å². The van der Waals surface area contributed by atoms with E-state index in [4.69, 9.17) is 0 Å². The Morgan fingerprint density at radius 1 is 1.62 bits per heavy atom. The molecule has 1 atom stereocenters. The third kappa shape index (κ3) is 8.12. The third-order valence-electron chi connectivity index (χ3n) is 1.68. The van der Waals surface area contributed by atoms with E-state index in [2.05, 4.69) is 23.2 Å². The van der Waals surface area contributed by atoms with Gasteiger partial charge in [0, 0.05) is 6.54 Å². The fraction of sp³-hybridized carbons (Fsp3) is 0.889. The van der Waals surface area contributed by atoms with Crippen LogP contribution in [-0.4, -0.2) is 38.2 Å². The highest BCUT2D eigenvalue weighted by Crippen LogP contribution is 2.02. The Bertz CT molecular complexity index is 142. The maximum Gasteiger partial charge on any atom is 0.306 e. The van der Waals surface area contributed by atoms with E-state index in [1.54, 1.807) is 0 Å². The van der Waals surface area contributed by atoms with Crippen LogP contribution < -0.4 is 5.32 Å². The first-order valence-electron chi connectivity index (χ1n) is 4.47. The number of ether oxygens (including phenoxy) is 1. The van der Waals surface area contributed by atoms with E-state index >= 15 is 0 Å². The van der Waals surface area contributed by atoms with Crippen molar-refractivity contribution < 1.29 is 9.53 Å². The normalized spacial score (nSPS) is 12.5. The number of hydrogen-bond donors (Lipinski definition) is 1. The topological polar surface area (TPSA) is 38.3 Å². The van der Waals surface area contributed by atoms with Gasteiger partial charge < -0.3 is 10.1 Å². The lowest BCUT2D eigenvalue weighted by Gasteiger charge is -2.10. The van der Waals surface area contributed by atoms with Gasteiger partial charge in [-0.1, -0.05) is 6.92 Å². The average molecular weight is 205 g/mol. The van der Waals surface area contributed by atoms with E-state index in [0.29, 0.717) is 18.9 Å². The van der Waals surface area contributed by atoms with Crippen molar-refractivity contribution in [2.75, 3.05) is 32.2 Å². The minimum absolute atomic E-state index is 0.148. The van der Waals surface area contributed by atoms with Crippen LogP contribution in [0.4, 0.5) is 0 Å². The van der Waals surface area contributed by atoms with Gasteiger partial charge in [-0.15, -0.1) is 0 Å². The van der Waals surface area contributed by atoms with Crippen LogP contribution in [0.25, 0.3) is 0 Å². The summed E-state index contributed by atoms with van der Waals surface area (Å²) in [5.74, 6) is 1.67. The summed E-state index contributed by atoms with van der Waals surface area (Å²) in [6.45, 7) is 3.88. The zero-order valence-corrected chi connectivity index (χ0v) is 9.45. The second kappa shape index (κ2) is 8.38. The molecule has 0 spiro atoms. The molecule has 0 saturated carbocycles. The quantitative estimate of drug-likeness (QED) is 0.499. The minimum atomic E-state index is -0.148. The highest BCUT2D eigenvalue weighted by Gasteiger charge is 2.01. The molecular formula is C9H19NO2S. The number of rotatable bonds is 7. The van der Waals surface area contributed by atoms with Crippen molar-refractivity contribution in [1.82, 2.24) is 5.32 Å². The lowest BCUT2D eigenvalue weighted by atomic mass is 10.2. The number of hydrogen-bond acceptors (Lipinski definition) is 4. The molecule has 0 aromatic rings. The second-order valence-electron chi connectivity index (χ2n) is 3.09. The van der Waals surface area contributed by atoms with Crippen LogP contribution in [0.2, 0.25) is 0 Å². The molecule has 0 bridgehead atoms. The standard InChI is InChI=1S/C9H19NO2S/c1-8(7-13-3)6-10-5-4-9(11)12-2/h8,10H,4-7H2,1-3H3. The number of methoxy groups -OCH3 is 1. The molecular weight excluding hydrogens is 186 g/mol. The molecule has 78 valence electrons. The monoisotopic (exact) mass is 205 g/mol. The maximum absolute atomic E-state index is 10.7. The summed E-state index contributed by atoms with van der Waals surface area (Å²) in [5.41, 5.74) is 0. The third-order valence-corrected chi connectivity index (χ3v) is 2.58. The van der Waals surface area contributed by atoms with Gasteiger partial charge in [0.15, 0.2) is 0 Å². The molecule has 1 unspecified atom stereocenters. The molecule has 0 aromatic carbocycles. The zero-order chi connectivity index (χ0) is 10.1. The fourth-order valence-electron chi connectivity index (χ4n) is 0.984. The molecule has 0 heterocycles. The predicted molar refractivity (Wildman–Crippen MR) is 57.0 cm³/mol. The Balaban J connectivity index is 3.20. The van der Waals surface area contributed by atoms with Crippen LogP contribution in [-0.2, 0) is 9.53 Å². The summed E-state index contributed by atoms with van der Waals surface area (Å²) in [6.07, 6.45) is 2.56. The largest absolute Gasteiger partial charge is 0.469 e. The average Bonchev–Trinajstić information content (AvgIpc) is 2.12. The van der Waals surface area contributed by atoms with E-state index in [1.165, 1.54) is 7.11 Å². The van der Waals surface area contributed by atoms with E-state index < -0.39 is 0 Å². The van der Waals surface area contributed by atoms with E-state index in [-0.39, 0.29) is 5.97 Å². The predicted octanol–water partition coefficient (Wildman–Crippen LogP) is 1.14. The summed E-state index contributed by atoms with van der Waals surface area (Å²) >= 11 is 1.85. The van der Waals surface area contributed by atoms with E-state index in [0.717, 1.165) is 12.3 Å². The van der Waals surface area contributed by atoms with Crippen LogP contribution in [0.1, 0.15) is 13.3 Å². The van der Waals surface area contributed by atoms with E-state index in [1.807, 2.05) is 11.8 Å². The number of esters is 1. The van der Waals surface area contributed by atoms with Gasteiger partial charge in [0.25, 0.3) is 0 Å². The highest BCUT2D eigenvalue weighted by atomic mass is 32.2. The van der Waals surface area contributed by atoms with Gasteiger partial charge in [-0.25, -0.2) is 0 Å². The zero-order valence-electron chi connectivity index (χ0n) is 8.63. The fourth-order valence-corrected chi connectivity index (χ4v) is 1.67. The van der Waals surface area contributed by atoms with Crippen LogP contribution in [0.5, 0.6) is 0 Å². The Hall–Kier alpha value is -0.220. The smallest absolute Gasteiger partial charge is 0.306 e. The molecule has 3 nitrogen and oxygen atoms in total. The number of nitrogens with one attached hydrogen (secondary N) is 1. The van der Waals surface area contributed by atoms with Crippen molar-refractivity contribution in [2.24, 2.45) is 5.92 Å². The van der Waals surface area contributed by atoms with Gasteiger partial charge >= 0.3 is 5.97 Å². The number of carbonyl (C=O) groups excluding carboxylic acids is 1. The summed E-state index contributed by atoms with van der Waals surface area (Å²) in [5, 5.41) is 3.22. The van der Waals surface area contributed by atoms with Gasteiger partial charge in [-0.3, -0.25) is 4.79 Å². The molecule has 0 saturated heterocycles. The Kier molecular flexibility index (Phi) is 8.24. The Morgan fingerprint density at radius 3 is 2.85 bits per heavy atom.